The molecule has 0 aliphatic carbocycles. The fourth-order valence-electron chi connectivity index (χ4n) is 1.20. The van der Waals surface area contributed by atoms with E-state index in [0.717, 1.165) is 5.75 Å². The van der Waals surface area contributed by atoms with E-state index in [1.807, 2.05) is 20.8 Å². The van der Waals surface area contributed by atoms with Crippen LogP contribution in [0.1, 0.15) is 20.8 Å². The summed E-state index contributed by atoms with van der Waals surface area (Å²) in [5.74, 6) is 1.60. The van der Waals surface area contributed by atoms with Crippen molar-refractivity contribution in [2.45, 2.75) is 32.4 Å². The lowest BCUT2D eigenvalue weighted by Gasteiger charge is -2.27. The minimum Gasteiger partial charge on any atom is -0.444 e. The number of carbonyl (C=O) groups excluding carboxylic acids is 1. The number of amides is 1. The molecule has 1 amide bonds. The maximum Gasteiger partial charge on any atom is 0.411 e. The summed E-state index contributed by atoms with van der Waals surface area (Å²) >= 11 is 1.71. The van der Waals surface area contributed by atoms with E-state index in [2.05, 4.69) is 0 Å². The monoisotopic (exact) mass is 218 g/mol. The number of nitrogens with zero attached hydrogens (tertiary/aromatic N) is 1. The molecule has 1 heterocycles. The van der Waals surface area contributed by atoms with Gasteiger partial charge in [-0.15, -0.1) is 11.8 Å². The van der Waals surface area contributed by atoms with Gasteiger partial charge in [0.1, 0.15) is 5.60 Å². The zero-order valence-electron chi connectivity index (χ0n) is 8.95. The van der Waals surface area contributed by atoms with Gasteiger partial charge in [0.25, 0.3) is 0 Å². The van der Waals surface area contributed by atoms with Crippen LogP contribution in [0.3, 0.4) is 0 Å². The Morgan fingerprint density at radius 3 is 2.79 bits per heavy atom. The number of hydrogen-bond donors (Lipinski definition) is 1. The molecular weight excluding hydrogens is 200 g/mol. The Morgan fingerprint density at radius 1 is 1.64 bits per heavy atom. The number of rotatable bonds is 1. The summed E-state index contributed by atoms with van der Waals surface area (Å²) in [5, 5.41) is 0. The highest BCUT2D eigenvalue weighted by atomic mass is 32.2. The van der Waals surface area contributed by atoms with E-state index in [0.29, 0.717) is 12.4 Å². The first-order chi connectivity index (χ1) is 6.44. The van der Waals surface area contributed by atoms with Gasteiger partial charge in [0, 0.05) is 12.3 Å². The van der Waals surface area contributed by atoms with Gasteiger partial charge in [0.15, 0.2) is 0 Å². The van der Waals surface area contributed by atoms with E-state index in [1.54, 1.807) is 16.7 Å². The average molecular weight is 218 g/mol. The molecule has 82 valence electrons. The first-order valence-corrected chi connectivity index (χ1v) is 5.87. The maximum absolute atomic E-state index is 11.7. The molecule has 1 atom stereocenters. The summed E-state index contributed by atoms with van der Waals surface area (Å²) in [4.78, 5) is 13.4. The zero-order valence-corrected chi connectivity index (χ0v) is 9.76. The lowest BCUT2D eigenvalue weighted by Crippen LogP contribution is -2.43. The van der Waals surface area contributed by atoms with Gasteiger partial charge in [-0.3, -0.25) is 4.90 Å². The second-order valence-corrected chi connectivity index (χ2v) is 5.34. The quantitative estimate of drug-likeness (QED) is 0.720. The Balaban J connectivity index is 2.52. The largest absolute Gasteiger partial charge is 0.444 e. The van der Waals surface area contributed by atoms with Crippen LogP contribution in [0.4, 0.5) is 4.79 Å². The lowest BCUT2D eigenvalue weighted by atomic mass is 10.2. The molecule has 0 aromatic rings. The highest BCUT2D eigenvalue weighted by molar-refractivity contribution is 7.99. The van der Waals surface area contributed by atoms with Crippen molar-refractivity contribution < 1.29 is 9.53 Å². The normalized spacial score (nSPS) is 22.6. The van der Waals surface area contributed by atoms with Gasteiger partial charge in [-0.25, -0.2) is 4.79 Å². The van der Waals surface area contributed by atoms with Gasteiger partial charge in [0.05, 0.1) is 11.9 Å². The molecule has 5 heteroatoms. The summed E-state index contributed by atoms with van der Waals surface area (Å²) in [6, 6.07) is 0.134. The van der Waals surface area contributed by atoms with Crippen molar-refractivity contribution in [3.05, 3.63) is 0 Å². The Bertz CT molecular complexity index is 215. The molecular formula is C9H18N2O2S. The van der Waals surface area contributed by atoms with Gasteiger partial charge in [-0.05, 0) is 20.8 Å². The third-order valence-electron chi connectivity index (χ3n) is 1.88. The Hall–Kier alpha value is -0.420. The summed E-state index contributed by atoms with van der Waals surface area (Å²) in [6.45, 7) is 6.11. The van der Waals surface area contributed by atoms with E-state index < -0.39 is 5.60 Å². The van der Waals surface area contributed by atoms with Crippen LogP contribution in [-0.4, -0.2) is 40.8 Å². The van der Waals surface area contributed by atoms with Crippen LogP contribution < -0.4 is 5.73 Å². The molecule has 1 aliphatic heterocycles. The molecule has 0 saturated carbocycles. The minimum absolute atomic E-state index is 0.134. The van der Waals surface area contributed by atoms with E-state index >= 15 is 0 Å². The SMILES string of the molecule is CC(C)(C)OC(=O)N1CSC[C@H]1CN. The standard InChI is InChI=1S/C9H18N2O2S/c1-9(2,3)13-8(12)11-6-14-5-7(11)4-10/h7H,4-6,10H2,1-3H3/t7-/m1/s1. The highest BCUT2D eigenvalue weighted by Crippen LogP contribution is 2.22. The van der Waals surface area contributed by atoms with Gasteiger partial charge >= 0.3 is 6.09 Å². The lowest BCUT2D eigenvalue weighted by molar-refractivity contribution is 0.0246. The van der Waals surface area contributed by atoms with E-state index in [4.69, 9.17) is 10.5 Å². The summed E-state index contributed by atoms with van der Waals surface area (Å²) < 4.78 is 5.27. The van der Waals surface area contributed by atoms with Crippen molar-refractivity contribution >= 4 is 17.9 Å². The Labute approximate surface area is 89.2 Å². The molecule has 0 aromatic carbocycles. The highest BCUT2D eigenvalue weighted by Gasteiger charge is 2.31. The number of carbonyl (C=O) groups is 1. The van der Waals surface area contributed by atoms with E-state index in [1.165, 1.54) is 0 Å². The second kappa shape index (κ2) is 4.40. The van der Waals surface area contributed by atoms with E-state index in [-0.39, 0.29) is 12.1 Å². The predicted octanol–water partition coefficient (Wildman–Crippen LogP) is 1.26. The van der Waals surface area contributed by atoms with Crippen LogP contribution in [0.15, 0.2) is 0 Å². The van der Waals surface area contributed by atoms with Gasteiger partial charge in [-0.2, -0.15) is 0 Å². The summed E-state index contributed by atoms with van der Waals surface area (Å²) in [7, 11) is 0. The molecule has 0 aromatic heterocycles. The molecule has 4 nitrogen and oxygen atoms in total. The Kier molecular flexibility index (Phi) is 3.66. The molecule has 1 aliphatic rings. The number of hydrogen-bond acceptors (Lipinski definition) is 4. The maximum atomic E-state index is 11.7. The van der Waals surface area contributed by atoms with Crippen LogP contribution in [0.5, 0.6) is 0 Å². The van der Waals surface area contributed by atoms with Crippen LogP contribution in [0.2, 0.25) is 0 Å². The third kappa shape index (κ3) is 3.06. The van der Waals surface area contributed by atoms with Crippen LogP contribution in [0, 0.1) is 0 Å². The van der Waals surface area contributed by atoms with Crippen molar-refractivity contribution in [3.8, 4) is 0 Å². The first kappa shape index (κ1) is 11.7. The van der Waals surface area contributed by atoms with Crippen LogP contribution >= 0.6 is 11.8 Å². The molecule has 0 bridgehead atoms. The predicted molar refractivity (Wildman–Crippen MR) is 58.2 cm³/mol. The molecule has 0 radical (unpaired) electrons. The van der Waals surface area contributed by atoms with Crippen molar-refractivity contribution in [2.75, 3.05) is 18.2 Å². The van der Waals surface area contributed by atoms with Crippen molar-refractivity contribution in [1.82, 2.24) is 4.90 Å². The van der Waals surface area contributed by atoms with Crippen LogP contribution in [-0.2, 0) is 4.74 Å². The Morgan fingerprint density at radius 2 is 2.29 bits per heavy atom. The fourth-order valence-corrected chi connectivity index (χ4v) is 2.41. The molecule has 1 rings (SSSR count). The molecule has 14 heavy (non-hydrogen) atoms. The van der Waals surface area contributed by atoms with Crippen LogP contribution in [0.25, 0.3) is 0 Å². The number of thioether (sulfide) groups is 1. The number of nitrogens with two attached hydrogens (primary N) is 1. The zero-order chi connectivity index (χ0) is 10.8. The first-order valence-electron chi connectivity index (χ1n) is 4.71. The third-order valence-corrected chi connectivity index (χ3v) is 2.96. The fraction of sp³-hybridized carbons (Fsp3) is 0.889. The van der Waals surface area contributed by atoms with Crippen molar-refractivity contribution in [1.29, 1.82) is 0 Å². The second-order valence-electron chi connectivity index (χ2n) is 4.34. The summed E-state index contributed by atoms with van der Waals surface area (Å²) in [6.07, 6.45) is -0.252. The average Bonchev–Trinajstić information content (AvgIpc) is 2.47. The minimum atomic E-state index is -0.427. The van der Waals surface area contributed by atoms with E-state index in [9.17, 15) is 4.79 Å². The van der Waals surface area contributed by atoms with Gasteiger partial charge < -0.3 is 10.5 Å². The summed E-state index contributed by atoms with van der Waals surface area (Å²) in [5.41, 5.74) is 5.14. The molecule has 0 unspecified atom stereocenters. The topological polar surface area (TPSA) is 55.6 Å². The smallest absolute Gasteiger partial charge is 0.411 e. The number of ether oxygens (including phenoxy) is 1. The van der Waals surface area contributed by atoms with Gasteiger partial charge in [0.2, 0.25) is 0 Å². The molecule has 0 spiro atoms. The molecule has 2 N–H and O–H groups in total. The molecule has 1 saturated heterocycles. The van der Waals surface area contributed by atoms with Gasteiger partial charge in [-0.1, -0.05) is 0 Å². The van der Waals surface area contributed by atoms with Crippen molar-refractivity contribution in [2.24, 2.45) is 5.73 Å². The van der Waals surface area contributed by atoms with Crippen molar-refractivity contribution in [3.63, 3.8) is 0 Å². The molecule has 1 fully saturated rings.